The van der Waals surface area contributed by atoms with E-state index in [4.69, 9.17) is 4.52 Å². The van der Waals surface area contributed by atoms with Crippen molar-refractivity contribution in [2.75, 3.05) is 19.4 Å². The molecule has 0 saturated carbocycles. The largest absolute Gasteiger partial charge is 0.376 e. The maximum atomic E-state index is 12.4. The monoisotopic (exact) mass is 392 g/mol. The van der Waals surface area contributed by atoms with E-state index in [-0.39, 0.29) is 4.90 Å². The number of aryl methyl sites for hydroxylation is 1. The van der Waals surface area contributed by atoms with Gasteiger partial charge < -0.3 is 9.84 Å². The van der Waals surface area contributed by atoms with Gasteiger partial charge in [-0.25, -0.2) is 12.7 Å². The lowest BCUT2D eigenvalue weighted by Crippen LogP contribution is -2.22. The second-order valence-corrected chi connectivity index (χ2v) is 9.01. The fourth-order valence-electron chi connectivity index (χ4n) is 2.38. The van der Waals surface area contributed by atoms with E-state index in [0.29, 0.717) is 18.3 Å². The average molecular weight is 393 g/mol. The topological polar surface area (TPSA) is 88.3 Å². The lowest BCUT2D eigenvalue weighted by Gasteiger charge is -2.16. The van der Waals surface area contributed by atoms with Gasteiger partial charge in [0.1, 0.15) is 0 Å². The van der Waals surface area contributed by atoms with Gasteiger partial charge >= 0.3 is 0 Å². The predicted molar refractivity (Wildman–Crippen MR) is 102 cm³/mol. The van der Waals surface area contributed by atoms with Crippen molar-refractivity contribution in [2.24, 2.45) is 0 Å². The van der Waals surface area contributed by atoms with Crippen LogP contribution in [-0.4, -0.2) is 37.0 Å². The number of hydrogen-bond donors (Lipinski definition) is 1. The number of nitrogens with one attached hydrogen (secondary N) is 1. The molecular weight excluding hydrogens is 372 g/mol. The Morgan fingerprint density at radius 1 is 1.27 bits per heavy atom. The van der Waals surface area contributed by atoms with E-state index in [1.807, 2.05) is 30.7 Å². The Labute approximate surface area is 156 Å². The Morgan fingerprint density at radius 2 is 2.04 bits per heavy atom. The van der Waals surface area contributed by atoms with Crippen LogP contribution in [0.15, 0.2) is 38.4 Å². The number of nitrogens with zero attached hydrogens (tertiary/aromatic N) is 3. The van der Waals surface area contributed by atoms with Crippen molar-refractivity contribution in [2.45, 2.75) is 25.3 Å². The molecule has 0 spiro atoms. The van der Waals surface area contributed by atoms with Crippen LogP contribution in [0, 0.1) is 13.8 Å². The van der Waals surface area contributed by atoms with Gasteiger partial charge in [-0.3, -0.25) is 0 Å². The number of sulfonamides is 1. The summed E-state index contributed by atoms with van der Waals surface area (Å²) in [5.41, 5.74) is 3.50. The molecule has 2 aromatic heterocycles. The first-order valence-electron chi connectivity index (χ1n) is 7.92. The number of rotatable bonds is 6. The van der Waals surface area contributed by atoms with Crippen molar-refractivity contribution < 1.29 is 12.9 Å². The molecule has 0 fully saturated rings. The molecule has 0 bridgehead atoms. The normalized spacial score (nSPS) is 11.9. The first kappa shape index (κ1) is 18.6. The Hall–Kier alpha value is -2.23. The summed E-state index contributed by atoms with van der Waals surface area (Å²) in [6.07, 6.45) is 0. The molecule has 26 heavy (non-hydrogen) atoms. The summed E-state index contributed by atoms with van der Waals surface area (Å²) >= 11 is 1.57. The Balaban J connectivity index is 1.83. The van der Waals surface area contributed by atoms with Gasteiger partial charge in [0.05, 0.1) is 11.4 Å². The first-order valence-corrected chi connectivity index (χ1v) is 10.3. The molecule has 3 rings (SSSR count). The van der Waals surface area contributed by atoms with Crippen LogP contribution in [-0.2, 0) is 16.6 Å². The summed E-state index contributed by atoms with van der Waals surface area (Å²) in [7, 11) is -0.472. The molecule has 3 aromatic rings. The molecule has 0 amide bonds. The SMILES string of the molecule is Cc1cc(S(=O)(=O)N(C)C)cc(NCc2nc(-c3ccsc3)no2)c1C. The van der Waals surface area contributed by atoms with Crippen molar-refractivity contribution in [3.63, 3.8) is 0 Å². The zero-order chi connectivity index (χ0) is 18.9. The van der Waals surface area contributed by atoms with Gasteiger partial charge in [0.15, 0.2) is 0 Å². The van der Waals surface area contributed by atoms with Crippen LogP contribution in [0.3, 0.4) is 0 Å². The van der Waals surface area contributed by atoms with E-state index in [9.17, 15) is 8.42 Å². The molecular formula is C17H20N4O3S2. The van der Waals surface area contributed by atoms with Crippen molar-refractivity contribution >= 4 is 27.0 Å². The number of aromatic nitrogens is 2. The number of thiophene rings is 1. The van der Waals surface area contributed by atoms with Gasteiger partial charge in [0, 0.05) is 30.7 Å². The predicted octanol–water partition coefficient (Wildman–Crippen LogP) is 3.28. The van der Waals surface area contributed by atoms with Crippen molar-refractivity contribution in [3.05, 3.63) is 46.0 Å². The Bertz CT molecular complexity index is 1010. The average Bonchev–Trinajstić information content (AvgIpc) is 3.26. The number of anilines is 1. The summed E-state index contributed by atoms with van der Waals surface area (Å²) in [5.74, 6) is 0.976. The van der Waals surface area contributed by atoms with E-state index < -0.39 is 10.0 Å². The maximum Gasteiger partial charge on any atom is 0.246 e. The highest BCUT2D eigenvalue weighted by molar-refractivity contribution is 7.89. The van der Waals surface area contributed by atoms with Crippen LogP contribution >= 0.6 is 11.3 Å². The molecule has 138 valence electrons. The number of benzene rings is 1. The third kappa shape index (κ3) is 3.64. The minimum absolute atomic E-state index is 0.248. The fraction of sp³-hybridized carbons (Fsp3) is 0.294. The third-order valence-corrected chi connectivity index (χ3v) is 6.57. The van der Waals surface area contributed by atoms with Crippen LogP contribution in [0.25, 0.3) is 11.4 Å². The van der Waals surface area contributed by atoms with E-state index >= 15 is 0 Å². The molecule has 0 aliphatic heterocycles. The Kier molecular flexibility index (Phi) is 5.12. The van der Waals surface area contributed by atoms with Crippen molar-refractivity contribution in [1.82, 2.24) is 14.4 Å². The van der Waals surface area contributed by atoms with Crippen LogP contribution in [0.5, 0.6) is 0 Å². The molecule has 0 atom stereocenters. The molecule has 0 aliphatic carbocycles. The van der Waals surface area contributed by atoms with E-state index in [1.165, 1.54) is 18.4 Å². The standard InChI is InChI=1S/C17H20N4O3S2/c1-11-7-14(26(22,23)21(3)4)8-15(12(11)2)18-9-16-19-17(20-24-16)13-5-6-25-10-13/h5-8,10,18H,9H2,1-4H3. The zero-order valence-electron chi connectivity index (χ0n) is 15.0. The molecule has 0 aliphatic rings. The van der Waals surface area contributed by atoms with E-state index in [0.717, 1.165) is 22.4 Å². The summed E-state index contributed by atoms with van der Waals surface area (Å²) in [6.45, 7) is 4.13. The highest BCUT2D eigenvalue weighted by Gasteiger charge is 2.19. The molecule has 2 heterocycles. The van der Waals surface area contributed by atoms with E-state index in [1.54, 1.807) is 23.5 Å². The van der Waals surface area contributed by atoms with Gasteiger partial charge in [-0.05, 0) is 48.6 Å². The summed E-state index contributed by atoms with van der Waals surface area (Å²) in [6, 6.07) is 5.24. The van der Waals surface area contributed by atoms with Crippen LogP contribution in [0.2, 0.25) is 0 Å². The molecule has 0 saturated heterocycles. The second-order valence-electron chi connectivity index (χ2n) is 6.08. The van der Waals surface area contributed by atoms with E-state index in [2.05, 4.69) is 15.5 Å². The summed E-state index contributed by atoms with van der Waals surface area (Å²) in [5, 5.41) is 11.1. The molecule has 9 heteroatoms. The second kappa shape index (κ2) is 7.18. The van der Waals surface area contributed by atoms with Gasteiger partial charge in [0.2, 0.25) is 21.7 Å². The molecule has 1 N–H and O–H groups in total. The quantitative estimate of drug-likeness (QED) is 0.693. The van der Waals surface area contributed by atoms with Crippen LogP contribution in [0.4, 0.5) is 5.69 Å². The first-order chi connectivity index (χ1) is 12.3. The molecule has 1 aromatic carbocycles. The summed E-state index contributed by atoms with van der Waals surface area (Å²) < 4.78 is 31.3. The smallest absolute Gasteiger partial charge is 0.246 e. The minimum Gasteiger partial charge on any atom is -0.376 e. The zero-order valence-corrected chi connectivity index (χ0v) is 16.6. The summed E-state index contributed by atoms with van der Waals surface area (Å²) in [4.78, 5) is 4.61. The highest BCUT2D eigenvalue weighted by Crippen LogP contribution is 2.26. The molecule has 0 unspecified atom stereocenters. The lowest BCUT2D eigenvalue weighted by atomic mass is 10.1. The minimum atomic E-state index is -3.50. The Morgan fingerprint density at radius 3 is 2.69 bits per heavy atom. The number of hydrogen-bond acceptors (Lipinski definition) is 7. The van der Waals surface area contributed by atoms with Gasteiger partial charge in [-0.15, -0.1) is 0 Å². The van der Waals surface area contributed by atoms with Crippen molar-refractivity contribution in [1.29, 1.82) is 0 Å². The van der Waals surface area contributed by atoms with Crippen LogP contribution in [0.1, 0.15) is 17.0 Å². The lowest BCUT2D eigenvalue weighted by molar-refractivity contribution is 0.384. The van der Waals surface area contributed by atoms with Crippen LogP contribution < -0.4 is 5.32 Å². The van der Waals surface area contributed by atoms with Gasteiger partial charge in [-0.1, -0.05) is 5.16 Å². The van der Waals surface area contributed by atoms with Gasteiger partial charge in [-0.2, -0.15) is 16.3 Å². The maximum absolute atomic E-state index is 12.4. The van der Waals surface area contributed by atoms with Gasteiger partial charge in [0.25, 0.3) is 0 Å². The molecule has 0 radical (unpaired) electrons. The fourth-order valence-corrected chi connectivity index (χ4v) is 4.02. The highest BCUT2D eigenvalue weighted by atomic mass is 32.2. The third-order valence-electron chi connectivity index (χ3n) is 4.10. The van der Waals surface area contributed by atoms with Crippen molar-refractivity contribution in [3.8, 4) is 11.4 Å². The molecule has 7 nitrogen and oxygen atoms in total.